The van der Waals surface area contributed by atoms with E-state index in [4.69, 9.17) is 5.73 Å². The third kappa shape index (κ3) is 1.80. The zero-order valence-electron chi connectivity index (χ0n) is 9.82. The fourth-order valence-corrected chi connectivity index (χ4v) is 2.09. The Balaban J connectivity index is 2.31. The van der Waals surface area contributed by atoms with E-state index >= 15 is 0 Å². The molecule has 1 aliphatic carbocycles. The summed E-state index contributed by atoms with van der Waals surface area (Å²) in [6, 6.07) is 0.696. The summed E-state index contributed by atoms with van der Waals surface area (Å²) in [7, 11) is 1.98. The number of hydrogen-bond acceptors (Lipinski definition) is 3. The molecule has 0 amide bonds. The Hall–Kier alpha value is -1.19. The van der Waals surface area contributed by atoms with Crippen LogP contribution in [0.4, 0.5) is 11.5 Å². The number of aryl methyl sites for hydroxylation is 2. The molecule has 0 radical (unpaired) electrons. The maximum absolute atomic E-state index is 6.08. The molecule has 1 aromatic heterocycles. The fourth-order valence-electron chi connectivity index (χ4n) is 2.09. The molecule has 0 aliphatic heterocycles. The number of rotatable bonds is 4. The van der Waals surface area contributed by atoms with Crippen LogP contribution in [-0.2, 0) is 7.05 Å². The van der Waals surface area contributed by atoms with Gasteiger partial charge in [-0.05, 0) is 26.2 Å². The highest BCUT2D eigenvalue weighted by molar-refractivity contribution is 5.67. The van der Waals surface area contributed by atoms with Gasteiger partial charge in [0.05, 0.1) is 11.4 Å². The van der Waals surface area contributed by atoms with Crippen molar-refractivity contribution in [2.75, 3.05) is 17.2 Å². The van der Waals surface area contributed by atoms with Crippen molar-refractivity contribution in [3.63, 3.8) is 0 Å². The lowest BCUT2D eigenvalue weighted by atomic mass is 10.3. The van der Waals surface area contributed by atoms with Gasteiger partial charge < -0.3 is 10.6 Å². The second-order valence-corrected chi connectivity index (χ2v) is 4.37. The second-order valence-electron chi connectivity index (χ2n) is 4.37. The molecule has 0 bridgehead atoms. The number of nitrogen functional groups attached to an aromatic ring is 1. The van der Waals surface area contributed by atoms with E-state index in [9.17, 15) is 0 Å². The molecule has 1 saturated carbocycles. The second kappa shape index (κ2) is 3.76. The van der Waals surface area contributed by atoms with Crippen LogP contribution in [-0.4, -0.2) is 22.4 Å². The average Bonchev–Trinajstić information content (AvgIpc) is 2.96. The highest BCUT2D eigenvalue weighted by Crippen LogP contribution is 2.35. The van der Waals surface area contributed by atoms with Crippen LogP contribution in [0, 0.1) is 6.92 Å². The Morgan fingerprint density at radius 3 is 2.60 bits per heavy atom. The van der Waals surface area contributed by atoms with Crippen LogP contribution in [0.15, 0.2) is 0 Å². The Kier molecular flexibility index (Phi) is 2.59. The van der Waals surface area contributed by atoms with Gasteiger partial charge in [-0.15, -0.1) is 0 Å². The van der Waals surface area contributed by atoms with E-state index < -0.39 is 0 Å². The minimum Gasteiger partial charge on any atom is -0.394 e. The molecule has 84 valence electrons. The minimum atomic E-state index is 0.696. The molecule has 4 nitrogen and oxygen atoms in total. The van der Waals surface area contributed by atoms with E-state index in [2.05, 4.69) is 16.9 Å². The molecule has 4 heteroatoms. The van der Waals surface area contributed by atoms with Crippen molar-refractivity contribution in [2.24, 2.45) is 7.05 Å². The molecule has 1 heterocycles. The van der Waals surface area contributed by atoms with E-state index in [-0.39, 0.29) is 0 Å². The predicted octanol–water partition coefficient (Wildman–Crippen LogP) is 1.69. The van der Waals surface area contributed by atoms with Crippen LogP contribution in [0.5, 0.6) is 0 Å². The summed E-state index contributed by atoms with van der Waals surface area (Å²) < 4.78 is 1.92. The molecule has 0 aromatic carbocycles. The number of nitrogens with two attached hydrogens (primary N) is 1. The Labute approximate surface area is 91.1 Å². The summed E-state index contributed by atoms with van der Waals surface area (Å²) in [5.41, 5.74) is 7.86. The highest BCUT2D eigenvalue weighted by atomic mass is 15.4. The smallest absolute Gasteiger partial charge is 0.150 e. The van der Waals surface area contributed by atoms with Gasteiger partial charge in [0.25, 0.3) is 0 Å². The number of nitrogens with zero attached hydrogens (tertiary/aromatic N) is 3. The van der Waals surface area contributed by atoms with E-state index in [0.29, 0.717) is 6.04 Å². The Bertz CT molecular complexity index is 352. The molecular formula is C11H20N4. The SMILES string of the molecule is CCCN(c1c(N)c(C)nn1C)C1CC1. The van der Waals surface area contributed by atoms with Gasteiger partial charge in [0.2, 0.25) is 0 Å². The lowest BCUT2D eigenvalue weighted by Crippen LogP contribution is -2.29. The summed E-state index contributed by atoms with van der Waals surface area (Å²) >= 11 is 0. The van der Waals surface area contributed by atoms with Crippen LogP contribution in [0.3, 0.4) is 0 Å². The van der Waals surface area contributed by atoms with Gasteiger partial charge in [-0.3, -0.25) is 4.68 Å². The molecule has 1 aromatic rings. The van der Waals surface area contributed by atoms with E-state index in [1.54, 1.807) is 0 Å². The standard InChI is InChI=1S/C11H20N4/c1-4-7-15(9-5-6-9)11-10(12)8(2)13-14(11)3/h9H,4-7,12H2,1-3H3. The molecule has 2 rings (SSSR count). The van der Waals surface area contributed by atoms with Gasteiger partial charge in [0, 0.05) is 19.6 Å². The molecule has 1 aliphatic rings. The molecule has 0 atom stereocenters. The maximum Gasteiger partial charge on any atom is 0.150 e. The lowest BCUT2D eigenvalue weighted by Gasteiger charge is -2.24. The van der Waals surface area contributed by atoms with Crippen LogP contribution in [0.25, 0.3) is 0 Å². The van der Waals surface area contributed by atoms with Gasteiger partial charge >= 0.3 is 0 Å². The third-order valence-electron chi connectivity index (χ3n) is 2.96. The molecular weight excluding hydrogens is 188 g/mol. The molecule has 0 saturated heterocycles. The van der Waals surface area contributed by atoms with Crippen molar-refractivity contribution < 1.29 is 0 Å². The minimum absolute atomic E-state index is 0.696. The van der Waals surface area contributed by atoms with Crippen molar-refractivity contribution in [3.05, 3.63) is 5.69 Å². The lowest BCUT2D eigenvalue weighted by molar-refractivity contribution is 0.684. The number of anilines is 2. The van der Waals surface area contributed by atoms with E-state index in [0.717, 1.165) is 30.2 Å². The summed E-state index contributed by atoms with van der Waals surface area (Å²) in [4.78, 5) is 2.41. The summed E-state index contributed by atoms with van der Waals surface area (Å²) in [6.07, 6.45) is 3.74. The quantitative estimate of drug-likeness (QED) is 0.819. The third-order valence-corrected chi connectivity index (χ3v) is 2.96. The number of hydrogen-bond donors (Lipinski definition) is 1. The van der Waals surface area contributed by atoms with E-state index in [1.165, 1.54) is 12.8 Å². The molecule has 2 N–H and O–H groups in total. The Morgan fingerprint density at radius 2 is 2.20 bits per heavy atom. The first-order valence-electron chi connectivity index (χ1n) is 5.70. The van der Waals surface area contributed by atoms with Crippen LogP contribution < -0.4 is 10.6 Å². The monoisotopic (exact) mass is 208 g/mol. The summed E-state index contributed by atoms with van der Waals surface area (Å²) in [6.45, 7) is 5.25. The first kappa shape index (κ1) is 10.3. The molecule has 0 spiro atoms. The largest absolute Gasteiger partial charge is 0.394 e. The zero-order chi connectivity index (χ0) is 11.0. The van der Waals surface area contributed by atoms with Crippen LogP contribution >= 0.6 is 0 Å². The molecule has 0 unspecified atom stereocenters. The van der Waals surface area contributed by atoms with Crippen molar-refractivity contribution in [2.45, 2.75) is 39.2 Å². The van der Waals surface area contributed by atoms with Gasteiger partial charge in [-0.25, -0.2) is 0 Å². The zero-order valence-corrected chi connectivity index (χ0v) is 9.82. The predicted molar refractivity (Wildman–Crippen MR) is 63.0 cm³/mol. The topological polar surface area (TPSA) is 47.1 Å². The van der Waals surface area contributed by atoms with Crippen molar-refractivity contribution in [1.29, 1.82) is 0 Å². The average molecular weight is 208 g/mol. The summed E-state index contributed by atoms with van der Waals surface area (Å²) in [5, 5.41) is 4.37. The summed E-state index contributed by atoms with van der Waals surface area (Å²) in [5.74, 6) is 1.11. The highest BCUT2D eigenvalue weighted by Gasteiger charge is 2.31. The van der Waals surface area contributed by atoms with Gasteiger partial charge in [0.15, 0.2) is 5.82 Å². The first-order valence-corrected chi connectivity index (χ1v) is 5.70. The van der Waals surface area contributed by atoms with Crippen molar-refractivity contribution in [3.8, 4) is 0 Å². The maximum atomic E-state index is 6.08. The normalized spacial score (nSPS) is 15.7. The fraction of sp³-hybridized carbons (Fsp3) is 0.727. The van der Waals surface area contributed by atoms with Gasteiger partial charge in [-0.2, -0.15) is 5.10 Å². The van der Waals surface area contributed by atoms with Crippen LogP contribution in [0.2, 0.25) is 0 Å². The van der Waals surface area contributed by atoms with Crippen molar-refractivity contribution in [1.82, 2.24) is 9.78 Å². The van der Waals surface area contributed by atoms with Gasteiger partial charge in [-0.1, -0.05) is 6.92 Å². The van der Waals surface area contributed by atoms with Crippen LogP contribution in [0.1, 0.15) is 31.9 Å². The number of aromatic nitrogens is 2. The Morgan fingerprint density at radius 1 is 1.53 bits per heavy atom. The first-order chi connectivity index (χ1) is 7.15. The molecule has 1 fully saturated rings. The van der Waals surface area contributed by atoms with Crippen molar-refractivity contribution >= 4 is 11.5 Å². The molecule has 15 heavy (non-hydrogen) atoms. The van der Waals surface area contributed by atoms with Gasteiger partial charge in [0.1, 0.15) is 0 Å². The van der Waals surface area contributed by atoms with E-state index in [1.807, 2.05) is 18.7 Å².